The lowest BCUT2D eigenvalue weighted by Crippen LogP contribution is -2.01. The van der Waals surface area contributed by atoms with Crippen LogP contribution >= 0.6 is 15.9 Å². The molecular formula is C10H10BrNO3. The zero-order chi connectivity index (χ0) is 11.0. The maximum Gasteiger partial charge on any atom is 0.307 e. The van der Waals surface area contributed by atoms with Gasteiger partial charge in [0.25, 0.3) is 0 Å². The van der Waals surface area contributed by atoms with Gasteiger partial charge in [0.15, 0.2) is 0 Å². The number of halogens is 1. The summed E-state index contributed by atoms with van der Waals surface area (Å²) in [6.07, 6.45) is 3.95. The second kappa shape index (κ2) is 3.81. The van der Waals surface area contributed by atoms with E-state index in [1.54, 1.807) is 19.5 Å². The van der Waals surface area contributed by atoms with E-state index >= 15 is 0 Å². The lowest BCUT2D eigenvalue weighted by molar-refractivity contribution is -0.138. The van der Waals surface area contributed by atoms with Crippen LogP contribution in [0.5, 0.6) is 5.75 Å². The van der Waals surface area contributed by atoms with Crippen molar-refractivity contribution in [1.82, 2.24) is 4.98 Å². The van der Waals surface area contributed by atoms with Crippen LogP contribution in [0.4, 0.5) is 0 Å². The van der Waals surface area contributed by atoms with Gasteiger partial charge in [-0.25, -0.2) is 0 Å². The number of hydrogen-bond acceptors (Lipinski definition) is 3. The summed E-state index contributed by atoms with van der Waals surface area (Å²) in [4.78, 5) is 14.8. The standard InChI is InChI=1S/C10H10BrNO3/c1-15-8-4-12-3-7(11)9(8)5-2-6(5)10(13)14/h3-6H,2H2,1H3,(H,13,14)/t5-,6-/m1/s1. The van der Waals surface area contributed by atoms with Gasteiger partial charge < -0.3 is 9.84 Å². The van der Waals surface area contributed by atoms with Crippen molar-refractivity contribution in [2.45, 2.75) is 12.3 Å². The Bertz CT molecular complexity index is 408. The summed E-state index contributed by atoms with van der Waals surface area (Å²) < 4.78 is 5.99. The zero-order valence-electron chi connectivity index (χ0n) is 8.11. The number of aromatic nitrogens is 1. The normalized spacial score (nSPS) is 23.6. The number of ether oxygens (including phenoxy) is 1. The molecule has 0 spiro atoms. The smallest absolute Gasteiger partial charge is 0.307 e. The molecule has 1 fully saturated rings. The highest BCUT2D eigenvalue weighted by atomic mass is 79.9. The van der Waals surface area contributed by atoms with Gasteiger partial charge in [0.2, 0.25) is 0 Å². The van der Waals surface area contributed by atoms with E-state index in [2.05, 4.69) is 20.9 Å². The third-order valence-electron chi connectivity index (χ3n) is 2.60. The van der Waals surface area contributed by atoms with Crippen molar-refractivity contribution in [2.75, 3.05) is 7.11 Å². The number of rotatable bonds is 3. The highest BCUT2D eigenvalue weighted by molar-refractivity contribution is 9.10. The predicted octanol–water partition coefficient (Wildman–Crippen LogP) is 2.04. The first-order chi connectivity index (χ1) is 7.15. The van der Waals surface area contributed by atoms with E-state index in [0.717, 1.165) is 10.0 Å². The summed E-state index contributed by atoms with van der Waals surface area (Å²) in [6.45, 7) is 0. The van der Waals surface area contributed by atoms with E-state index in [0.29, 0.717) is 12.2 Å². The molecule has 0 amide bonds. The Morgan fingerprint density at radius 1 is 1.67 bits per heavy atom. The quantitative estimate of drug-likeness (QED) is 0.914. The third kappa shape index (κ3) is 1.84. The molecular weight excluding hydrogens is 262 g/mol. The number of methoxy groups -OCH3 is 1. The Balaban J connectivity index is 2.33. The molecule has 80 valence electrons. The molecule has 0 unspecified atom stereocenters. The molecule has 1 heterocycles. The highest BCUT2D eigenvalue weighted by Crippen LogP contribution is 2.52. The Morgan fingerprint density at radius 2 is 2.40 bits per heavy atom. The minimum Gasteiger partial charge on any atom is -0.495 e. The Morgan fingerprint density at radius 3 is 2.93 bits per heavy atom. The summed E-state index contributed by atoms with van der Waals surface area (Å²) in [6, 6.07) is 0. The minimum atomic E-state index is -0.745. The molecule has 2 rings (SSSR count). The minimum absolute atomic E-state index is 0.0508. The average molecular weight is 272 g/mol. The molecule has 5 heteroatoms. The Hall–Kier alpha value is -1.10. The van der Waals surface area contributed by atoms with Crippen LogP contribution in [-0.4, -0.2) is 23.2 Å². The van der Waals surface area contributed by atoms with E-state index in [9.17, 15) is 4.79 Å². The van der Waals surface area contributed by atoms with E-state index < -0.39 is 5.97 Å². The molecule has 2 atom stereocenters. The van der Waals surface area contributed by atoms with Gasteiger partial charge in [0, 0.05) is 22.2 Å². The number of nitrogens with zero attached hydrogens (tertiary/aromatic N) is 1. The number of carboxylic acids is 1. The van der Waals surface area contributed by atoms with Crippen LogP contribution in [0, 0.1) is 5.92 Å². The molecule has 1 aliphatic carbocycles. The second-order valence-electron chi connectivity index (χ2n) is 3.52. The molecule has 1 aromatic rings. The van der Waals surface area contributed by atoms with Crippen molar-refractivity contribution in [1.29, 1.82) is 0 Å². The van der Waals surface area contributed by atoms with Crippen LogP contribution in [-0.2, 0) is 4.79 Å². The van der Waals surface area contributed by atoms with Crippen molar-refractivity contribution < 1.29 is 14.6 Å². The maximum atomic E-state index is 10.8. The third-order valence-corrected chi connectivity index (χ3v) is 3.23. The first-order valence-corrected chi connectivity index (χ1v) is 5.34. The topological polar surface area (TPSA) is 59.4 Å². The molecule has 0 bridgehead atoms. The number of carbonyl (C=O) groups is 1. The fourth-order valence-corrected chi connectivity index (χ4v) is 2.34. The number of hydrogen-bond donors (Lipinski definition) is 1. The molecule has 1 saturated carbocycles. The lowest BCUT2D eigenvalue weighted by Gasteiger charge is -2.08. The second-order valence-corrected chi connectivity index (χ2v) is 4.38. The largest absolute Gasteiger partial charge is 0.495 e. The number of carboxylic acid groups (broad SMARTS) is 1. The monoisotopic (exact) mass is 271 g/mol. The first-order valence-electron chi connectivity index (χ1n) is 4.55. The van der Waals surface area contributed by atoms with Crippen LogP contribution in [0.3, 0.4) is 0 Å². The van der Waals surface area contributed by atoms with Crippen molar-refractivity contribution in [3.63, 3.8) is 0 Å². The van der Waals surface area contributed by atoms with Gasteiger partial charge in [-0.15, -0.1) is 0 Å². The summed E-state index contributed by atoms with van der Waals surface area (Å²) >= 11 is 3.37. The van der Waals surface area contributed by atoms with Gasteiger partial charge in [0.1, 0.15) is 5.75 Å². The fraction of sp³-hybridized carbons (Fsp3) is 0.400. The average Bonchev–Trinajstić information content (AvgIpc) is 2.96. The fourth-order valence-electron chi connectivity index (χ4n) is 1.74. The van der Waals surface area contributed by atoms with Gasteiger partial charge in [-0.05, 0) is 22.4 Å². The maximum absolute atomic E-state index is 10.8. The molecule has 15 heavy (non-hydrogen) atoms. The van der Waals surface area contributed by atoms with Crippen LogP contribution in [0.1, 0.15) is 17.9 Å². The molecule has 1 N–H and O–H groups in total. The summed E-state index contributed by atoms with van der Waals surface area (Å²) in [5, 5.41) is 8.87. The molecule has 0 saturated heterocycles. The summed E-state index contributed by atoms with van der Waals surface area (Å²) in [7, 11) is 1.56. The van der Waals surface area contributed by atoms with E-state index in [4.69, 9.17) is 9.84 Å². The molecule has 0 aliphatic heterocycles. The SMILES string of the molecule is COc1cncc(Br)c1[C@@H]1C[C@H]1C(=O)O. The zero-order valence-corrected chi connectivity index (χ0v) is 9.69. The van der Waals surface area contributed by atoms with E-state index in [1.165, 1.54) is 0 Å². The van der Waals surface area contributed by atoms with Gasteiger partial charge in [-0.3, -0.25) is 9.78 Å². The number of pyridine rings is 1. The van der Waals surface area contributed by atoms with Gasteiger partial charge in [0.05, 0.1) is 19.2 Å². The van der Waals surface area contributed by atoms with Crippen LogP contribution in [0.25, 0.3) is 0 Å². The van der Waals surface area contributed by atoms with Crippen LogP contribution in [0.15, 0.2) is 16.9 Å². The van der Waals surface area contributed by atoms with E-state index in [1.807, 2.05) is 0 Å². The molecule has 1 aliphatic rings. The van der Waals surface area contributed by atoms with Crippen molar-refractivity contribution in [3.8, 4) is 5.75 Å². The number of aliphatic carboxylic acids is 1. The van der Waals surface area contributed by atoms with E-state index in [-0.39, 0.29) is 11.8 Å². The Labute approximate surface area is 95.4 Å². The summed E-state index contributed by atoms with van der Waals surface area (Å²) in [5.41, 5.74) is 0.917. The molecule has 1 aromatic heterocycles. The van der Waals surface area contributed by atoms with Crippen LogP contribution < -0.4 is 4.74 Å². The van der Waals surface area contributed by atoms with Gasteiger partial charge >= 0.3 is 5.97 Å². The van der Waals surface area contributed by atoms with Gasteiger partial charge in [-0.2, -0.15) is 0 Å². The Kier molecular flexibility index (Phi) is 2.65. The van der Waals surface area contributed by atoms with Crippen molar-refractivity contribution in [3.05, 3.63) is 22.4 Å². The first kappa shape index (κ1) is 10.4. The molecule has 0 aromatic carbocycles. The highest BCUT2D eigenvalue weighted by Gasteiger charge is 2.46. The lowest BCUT2D eigenvalue weighted by atomic mass is 10.1. The molecule has 0 radical (unpaired) electrons. The summed E-state index contributed by atoms with van der Waals surface area (Å²) in [5.74, 6) is -0.323. The molecule has 4 nitrogen and oxygen atoms in total. The van der Waals surface area contributed by atoms with Crippen molar-refractivity contribution >= 4 is 21.9 Å². The van der Waals surface area contributed by atoms with Crippen LogP contribution in [0.2, 0.25) is 0 Å². The van der Waals surface area contributed by atoms with Gasteiger partial charge in [-0.1, -0.05) is 0 Å². The van der Waals surface area contributed by atoms with Crippen molar-refractivity contribution in [2.24, 2.45) is 5.92 Å². The predicted molar refractivity (Wildman–Crippen MR) is 57.0 cm³/mol.